The zero-order chi connectivity index (χ0) is 41.8. The van der Waals surface area contributed by atoms with Gasteiger partial charge in [-0.1, -0.05) is 190 Å². The molecule has 0 aliphatic heterocycles. The van der Waals surface area contributed by atoms with E-state index >= 15 is 0 Å². The first-order valence-electron chi connectivity index (χ1n) is 22.4. The standard InChI is InChI=1S/C59H61N/c1-57(2,3)48-36-47(37-49(38-48)58(4,5)6)46-18-14-17-45(35-46)44-27-31-51(32-28-44)60(52-33-34-54-53-19-12-13-20-55(53)59(7,8)56(54)39-52)50-29-25-43(26-30-50)42-23-21-41(22-24-42)40-15-10-9-11-16-40/h12-14,17-40H,9-11,15-16H2,1-8H3. The van der Waals surface area contributed by atoms with Crippen LogP contribution in [0.2, 0.25) is 0 Å². The van der Waals surface area contributed by atoms with Gasteiger partial charge in [0, 0.05) is 22.5 Å². The molecule has 1 nitrogen and oxygen atoms in total. The predicted octanol–water partition coefficient (Wildman–Crippen LogP) is 17.1. The summed E-state index contributed by atoms with van der Waals surface area (Å²) in [7, 11) is 0. The minimum atomic E-state index is -0.0871. The van der Waals surface area contributed by atoms with Crippen molar-refractivity contribution in [1.82, 2.24) is 0 Å². The predicted molar refractivity (Wildman–Crippen MR) is 258 cm³/mol. The van der Waals surface area contributed by atoms with Crippen molar-refractivity contribution < 1.29 is 0 Å². The quantitative estimate of drug-likeness (QED) is 0.156. The lowest BCUT2D eigenvalue weighted by Gasteiger charge is -2.28. The lowest BCUT2D eigenvalue weighted by Crippen LogP contribution is -2.16. The number of rotatable bonds is 7. The average Bonchev–Trinajstić information content (AvgIpc) is 3.49. The lowest BCUT2D eigenvalue weighted by atomic mass is 9.79. The highest BCUT2D eigenvalue weighted by Gasteiger charge is 2.35. The maximum Gasteiger partial charge on any atom is 0.0465 e. The minimum Gasteiger partial charge on any atom is -0.310 e. The molecule has 60 heavy (non-hydrogen) atoms. The summed E-state index contributed by atoms with van der Waals surface area (Å²) in [6.07, 6.45) is 6.76. The maximum atomic E-state index is 2.43. The molecule has 1 saturated carbocycles. The fraction of sp³-hybridized carbons (Fsp3) is 0.288. The molecule has 9 rings (SSSR count). The summed E-state index contributed by atoms with van der Waals surface area (Å²) in [6.45, 7) is 18.6. The Morgan fingerprint density at radius 2 is 0.917 bits per heavy atom. The molecule has 302 valence electrons. The van der Waals surface area contributed by atoms with Crippen molar-refractivity contribution in [2.24, 2.45) is 0 Å². The summed E-state index contributed by atoms with van der Waals surface area (Å²) >= 11 is 0. The Bertz CT molecular complexity index is 2610. The van der Waals surface area contributed by atoms with Crippen LogP contribution < -0.4 is 4.90 Å². The van der Waals surface area contributed by atoms with E-state index < -0.39 is 0 Å². The number of hydrogen-bond acceptors (Lipinski definition) is 1. The van der Waals surface area contributed by atoms with Crippen LogP contribution >= 0.6 is 0 Å². The largest absolute Gasteiger partial charge is 0.310 e. The first-order valence-corrected chi connectivity index (χ1v) is 22.4. The summed E-state index contributed by atoms with van der Waals surface area (Å²) in [5, 5.41) is 0. The van der Waals surface area contributed by atoms with E-state index in [0.717, 1.165) is 17.3 Å². The number of anilines is 3. The Kier molecular flexibility index (Phi) is 10.2. The molecule has 7 aromatic carbocycles. The molecule has 2 aliphatic rings. The first kappa shape index (κ1) is 39.8. The number of benzene rings is 7. The van der Waals surface area contributed by atoms with Crippen molar-refractivity contribution >= 4 is 17.1 Å². The Hall–Kier alpha value is -5.66. The second kappa shape index (κ2) is 15.4. The van der Waals surface area contributed by atoms with E-state index in [9.17, 15) is 0 Å². The van der Waals surface area contributed by atoms with Gasteiger partial charge in [-0.2, -0.15) is 0 Å². The highest BCUT2D eigenvalue weighted by Crippen LogP contribution is 2.51. The molecule has 1 heteroatoms. The second-order valence-corrected chi connectivity index (χ2v) is 20.2. The molecule has 0 atom stereocenters. The van der Waals surface area contributed by atoms with Crippen molar-refractivity contribution in [1.29, 1.82) is 0 Å². The second-order valence-electron chi connectivity index (χ2n) is 20.2. The SMILES string of the molecule is CC(C)(C)c1cc(-c2cccc(-c3ccc(N(c4ccc(-c5ccc(C6CCCCC6)cc5)cc4)c4ccc5c(c4)C(C)(C)c4ccccc4-5)cc3)c2)cc(C(C)(C)C)c1. The topological polar surface area (TPSA) is 3.24 Å². The molecule has 2 aliphatic carbocycles. The van der Waals surface area contributed by atoms with Gasteiger partial charge in [-0.25, -0.2) is 0 Å². The molecule has 0 amide bonds. The van der Waals surface area contributed by atoms with E-state index in [4.69, 9.17) is 0 Å². The van der Waals surface area contributed by atoms with Gasteiger partial charge in [0.05, 0.1) is 0 Å². The van der Waals surface area contributed by atoms with Crippen LogP contribution in [0.3, 0.4) is 0 Å². The van der Waals surface area contributed by atoms with Crippen LogP contribution in [0.1, 0.15) is 121 Å². The molecule has 0 aromatic heterocycles. The van der Waals surface area contributed by atoms with Gasteiger partial charge in [-0.3, -0.25) is 0 Å². The van der Waals surface area contributed by atoms with Gasteiger partial charge in [0.2, 0.25) is 0 Å². The number of nitrogens with zero attached hydrogens (tertiary/aromatic N) is 1. The highest BCUT2D eigenvalue weighted by atomic mass is 15.1. The Morgan fingerprint density at radius 1 is 0.417 bits per heavy atom. The third-order valence-electron chi connectivity index (χ3n) is 13.6. The first-order chi connectivity index (χ1) is 28.7. The average molecular weight is 784 g/mol. The number of hydrogen-bond donors (Lipinski definition) is 0. The maximum absolute atomic E-state index is 2.43. The van der Waals surface area contributed by atoms with Gasteiger partial charge in [0.25, 0.3) is 0 Å². The monoisotopic (exact) mass is 783 g/mol. The summed E-state index contributed by atoms with van der Waals surface area (Å²) in [6, 6.07) is 60.0. The molecule has 0 radical (unpaired) electrons. The fourth-order valence-corrected chi connectivity index (χ4v) is 9.81. The van der Waals surface area contributed by atoms with Crippen LogP contribution in [0, 0.1) is 0 Å². The summed E-state index contributed by atoms with van der Waals surface area (Å²) in [4.78, 5) is 2.43. The van der Waals surface area contributed by atoms with Crippen molar-refractivity contribution in [3.63, 3.8) is 0 Å². The van der Waals surface area contributed by atoms with Crippen molar-refractivity contribution in [2.75, 3.05) is 4.90 Å². The molecule has 0 N–H and O–H groups in total. The van der Waals surface area contributed by atoms with Crippen LogP contribution in [0.4, 0.5) is 17.1 Å². The molecule has 0 heterocycles. The van der Waals surface area contributed by atoms with Crippen LogP contribution in [-0.4, -0.2) is 0 Å². The van der Waals surface area contributed by atoms with Gasteiger partial charge < -0.3 is 4.90 Å². The molecular formula is C59H61N. The van der Waals surface area contributed by atoms with Crippen molar-refractivity contribution in [3.8, 4) is 44.5 Å². The third kappa shape index (κ3) is 7.64. The minimum absolute atomic E-state index is 0.0635. The van der Waals surface area contributed by atoms with E-state index in [1.54, 1.807) is 0 Å². The van der Waals surface area contributed by atoms with Crippen LogP contribution in [0.5, 0.6) is 0 Å². The molecule has 0 spiro atoms. The molecule has 0 bridgehead atoms. The van der Waals surface area contributed by atoms with Gasteiger partial charge >= 0.3 is 0 Å². The van der Waals surface area contributed by atoms with Gasteiger partial charge in [-0.05, 0) is 144 Å². The van der Waals surface area contributed by atoms with Crippen molar-refractivity contribution in [3.05, 3.63) is 186 Å². The zero-order valence-electron chi connectivity index (χ0n) is 37.1. The number of fused-ring (bicyclic) bond motifs is 3. The molecule has 7 aromatic rings. The van der Waals surface area contributed by atoms with Gasteiger partial charge in [0.1, 0.15) is 0 Å². The fourth-order valence-electron chi connectivity index (χ4n) is 9.81. The summed E-state index contributed by atoms with van der Waals surface area (Å²) in [5.74, 6) is 0.719. The van der Waals surface area contributed by atoms with E-state index in [1.807, 2.05) is 0 Å². The molecular weight excluding hydrogens is 723 g/mol. The molecule has 0 unspecified atom stereocenters. The Morgan fingerprint density at radius 3 is 1.50 bits per heavy atom. The van der Waals surface area contributed by atoms with Crippen LogP contribution in [-0.2, 0) is 16.2 Å². The third-order valence-corrected chi connectivity index (χ3v) is 13.6. The van der Waals surface area contributed by atoms with Crippen molar-refractivity contribution in [2.45, 2.75) is 110 Å². The smallest absolute Gasteiger partial charge is 0.0465 e. The highest BCUT2D eigenvalue weighted by molar-refractivity contribution is 5.86. The van der Waals surface area contributed by atoms with E-state index in [-0.39, 0.29) is 16.2 Å². The van der Waals surface area contributed by atoms with Crippen LogP contribution in [0.15, 0.2) is 158 Å². The van der Waals surface area contributed by atoms with E-state index in [0.29, 0.717) is 0 Å². The zero-order valence-corrected chi connectivity index (χ0v) is 37.1. The molecule has 0 saturated heterocycles. The Balaban J connectivity index is 1.07. The normalized spacial score (nSPS) is 15.1. The Labute approximate surface area is 360 Å². The lowest BCUT2D eigenvalue weighted by molar-refractivity contribution is 0.443. The summed E-state index contributed by atoms with van der Waals surface area (Å²) < 4.78 is 0. The van der Waals surface area contributed by atoms with E-state index in [2.05, 4.69) is 218 Å². The van der Waals surface area contributed by atoms with Gasteiger partial charge in [-0.15, -0.1) is 0 Å². The van der Waals surface area contributed by atoms with Gasteiger partial charge in [0.15, 0.2) is 0 Å². The van der Waals surface area contributed by atoms with E-state index in [1.165, 1.54) is 110 Å². The summed E-state index contributed by atoms with van der Waals surface area (Å²) in [5.41, 5.74) is 20.7. The molecule has 1 fully saturated rings. The van der Waals surface area contributed by atoms with Crippen LogP contribution in [0.25, 0.3) is 44.5 Å².